The summed E-state index contributed by atoms with van der Waals surface area (Å²) in [6.07, 6.45) is -5.01. The Morgan fingerprint density at radius 1 is 1.25 bits per heavy atom. The van der Waals surface area contributed by atoms with Crippen molar-refractivity contribution in [1.82, 2.24) is 4.90 Å². The number of para-hydroxylation sites is 1. The van der Waals surface area contributed by atoms with Crippen LogP contribution in [-0.2, 0) is 15.8 Å². The molecule has 1 heterocycles. The van der Waals surface area contributed by atoms with Crippen LogP contribution in [0.5, 0.6) is 5.75 Å². The first-order valence-electron chi connectivity index (χ1n) is 7.54. The summed E-state index contributed by atoms with van der Waals surface area (Å²) in [4.78, 5) is 24.6. The minimum absolute atomic E-state index is 0.254. The van der Waals surface area contributed by atoms with Gasteiger partial charge in [-0.15, -0.1) is 0 Å². The molecule has 1 aliphatic heterocycles. The maximum atomic E-state index is 12.9. The smallest absolute Gasteiger partial charge is 0.419 e. The predicted molar refractivity (Wildman–Crippen MR) is 78.5 cm³/mol. The molecule has 132 valence electrons. The minimum atomic E-state index is -4.57. The van der Waals surface area contributed by atoms with Gasteiger partial charge in [-0.2, -0.15) is 13.2 Å². The van der Waals surface area contributed by atoms with Crippen molar-refractivity contribution >= 4 is 11.9 Å². The van der Waals surface area contributed by atoms with E-state index >= 15 is 0 Å². The first-order chi connectivity index (χ1) is 11.2. The molecular formula is C16H18F3NO4. The summed E-state index contributed by atoms with van der Waals surface area (Å²) in [6, 6.07) is 4.72. The van der Waals surface area contributed by atoms with E-state index in [1.165, 1.54) is 30.0 Å². The van der Waals surface area contributed by atoms with Crippen molar-refractivity contribution in [3.05, 3.63) is 29.8 Å². The number of carbonyl (C=O) groups excluding carboxylic acids is 1. The van der Waals surface area contributed by atoms with Gasteiger partial charge in [0.2, 0.25) is 0 Å². The van der Waals surface area contributed by atoms with E-state index in [1.807, 2.05) is 0 Å². The number of alkyl halides is 3. The van der Waals surface area contributed by atoms with Crippen LogP contribution in [0.2, 0.25) is 0 Å². The van der Waals surface area contributed by atoms with Gasteiger partial charge in [0.1, 0.15) is 5.75 Å². The fourth-order valence-electron chi connectivity index (χ4n) is 2.65. The molecule has 1 aromatic carbocycles. The van der Waals surface area contributed by atoms with Gasteiger partial charge in [-0.3, -0.25) is 9.59 Å². The third-order valence-corrected chi connectivity index (χ3v) is 4.00. The van der Waals surface area contributed by atoms with E-state index < -0.39 is 41.4 Å². The molecule has 0 saturated carbocycles. The van der Waals surface area contributed by atoms with Gasteiger partial charge in [-0.25, -0.2) is 0 Å². The average Bonchev–Trinajstić information content (AvgIpc) is 2.53. The highest BCUT2D eigenvalue weighted by Crippen LogP contribution is 2.36. The van der Waals surface area contributed by atoms with Crippen LogP contribution in [0.1, 0.15) is 25.3 Å². The molecule has 0 spiro atoms. The Balaban J connectivity index is 2.02. The number of likely N-dealkylation sites (tertiary alicyclic amines) is 1. The second kappa shape index (κ2) is 7.11. The van der Waals surface area contributed by atoms with Crippen molar-refractivity contribution in [3.63, 3.8) is 0 Å². The highest BCUT2D eigenvalue weighted by Gasteiger charge is 2.35. The molecule has 1 amide bonds. The molecule has 8 heteroatoms. The zero-order valence-electron chi connectivity index (χ0n) is 13.0. The second-order valence-electron chi connectivity index (χ2n) is 5.69. The fourth-order valence-corrected chi connectivity index (χ4v) is 2.65. The Bertz CT molecular complexity index is 610. The summed E-state index contributed by atoms with van der Waals surface area (Å²) < 4.78 is 44.1. The van der Waals surface area contributed by atoms with Gasteiger partial charge in [-0.1, -0.05) is 12.1 Å². The summed E-state index contributed by atoms with van der Waals surface area (Å²) in [5, 5.41) is 8.94. The number of hydrogen-bond acceptors (Lipinski definition) is 3. The van der Waals surface area contributed by atoms with E-state index in [9.17, 15) is 22.8 Å². The Kier molecular flexibility index (Phi) is 5.36. The molecule has 1 saturated heterocycles. The lowest BCUT2D eigenvalue weighted by Crippen LogP contribution is -2.45. The molecule has 1 N–H and O–H groups in total. The standard InChI is InChI=1S/C16H18F3NO4/c1-10(14(21)20-8-6-11(7-9-20)15(22)23)24-13-5-3-2-4-12(13)16(17,18)19/h2-5,10-11H,6-9H2,1H3,(H,22,23). The summed E-state index contributed by atoms with van der Waals surface area (Å²) in [7, 11) is 0. The van der Waals surface area contributed by atoms with E-state index in [-0.39, 0.29) is 13.1 Å². The van der Waals surface area contributed by atoms with E-state index in [2.05, 4.69) is 0 Å². The van der Waals surface area contributed by atoms with Gasteiger partial charge in [0.05, 0.1) is 11.5 Å². The third kappa shape index (κ3) is 4.18. The summed E-state index contributed by atoms with van der Waals surface area (Å²) in [5.41, 5.74) is -0.936. The highest BCUT2D eigenvalue weighted by atomic mass is 19.4. The molecule has 2 rings (SSSR count). The van der Waals surface area contributed by atoms with Gasteiger partial charge < -0.3 is 14.7 Å². The van der Waals surface area contributed by atoms with Crippen LogP contribution < -0.4 is 4.74 Å². The van der Waals surface area contributed by atoms with Gasteiger partial charge in [-0.05, 0) is 31.9 Å². The molecule has 1 fully saturated rings. The lowest BCUT2D eigenvalue weighted by Gasteiger charge is -2.32. The number of rotatable bonds is 4. The summed E-state index contributed by atoms with van der Waals surface area (Å²) >= 11 is 0. The van der Waals surface area contributed by atoms with Crippen LogP contribution >= 0.6 is 0 Å². The largest absolute Gasteiger partial charge is 0.481 e. The minimum Gasteiger partial charge on any atom is -0.481 e. The molecule has 24 heavy (non-hydrogen) atoms. The van der Waals surface area contributed by atoms with Crippen molar-refractivity contribution < 1.29 is 32.6 Å². The number of aliphatic carboxylic acids is 1. The number of hydrogen-bond donors (Lipinski definition) is 1. The number of ether oxygens (including phenoxy) is 1. The van der Waals surface area contributed by atoms with Gasteiger partial charge in [0, 0.05) is 13.1 Å². The van der Waals surface area contributed by atoms with Crippen LogP contribution in [0.15, 0.2) is 24.3 Å². The van der Waals surface area contributed by atoms with Gasteiger partial charge in [0.15, 0.2) is 6.10 Å². The molecule has 5 nitrogen and oxygen atoms in total. The average molecular weight is 345 g/mol. The number of benzene rings is 1. The lowest BCUT2D eigenvalue weighted by atomic mass is 9.97. The quantitative estimate of drug-likeness (QED) is 0.911. The summed E-state index contributed by atoms with van der Waals surface area (Å²) in [6.45, 7) is 1.90. The number of piperidine rings is 1. The zero-order valence-corrected chi connectivity index (χ0v) is 13.0. The number of carboxylic acid groups (broad SMARTS) is 1. The van der Waals surface area contributed by atoms with Crippen molar-refractivity contribution in [3.8, 4) is 5.75 Å². The van der Waals surface area contributed by atoms with E-state index in [0.29, 0.717) is 12.8 Å². The Hall–Kier alpha value is -2.25. The molecule has 0 aliphatic carbocycles. The van der Waals surface area contributed by atoms with Crippen molar-refractivity contribution in [2.24, 2.45) is 5.92 Å². The van der Waals surface area contributed by atoms with Crippen LogP contribution in [0.25, 0.3) is 0 Å². The van der Waals surface area contributed by atoms with E-state index in [4.69, 9.17) is 9.84 Å². The first kappa shape index (κ1) is 18.1. The third-order valence-electron chi connectivity index (χ3n) is 4.00. The number of halogens is 3. The Labute approximate surface area is 137 Å². The number of carboxylic acids is 1. The Morgan fingerprint density at radius 3 is 2.38 bits per heavy atom. The predicted octanol–water partition coefficient (Wildman–Crippen LogP) is 2.80. The van der Waals surface area contributed by atoms with Crippen LogP contribution in [0.4, 0.5) is 13.2 Å². The molecular weight excluding hydrogens is 327 g/mol. The normalized spacial score (nSPS) is 17.4. The number of amides is 1. The highest BCUT2D eigenvalue weighted by molar-refractivity contribution is 5.81. The van der Waals surface area contributed by atoms with Crippen LogP contribution in [0.3, 0.4) is 0 Å². The van der Waals surface area contributed by atoms with Crippen molar-refractivity contribution in [2.75, 3.05) is 13.1 Å². The Morgan fingerprint density at radius 2 is 1.83 bits per heavy atom. The zero-order chi connectivity index (χ0) is 17.9. The monoisotopic (exact) mass is 345 g/mol. The molecule has 1 atom stereocenters. The van der Waals surface area contributed by atoms with E-state index in [1.54, 1.807) is 0 Å². The second-order valence-corrected chi connectivity index (χ2v) is 5.69. The molecule has 0 bridgehead atoms. The number of carbonyl (C=O) groups is 2. The van der Waals surface area contributed by atoms with Gasteiger partial charge >= 0.3 is 12.1 Å². The van der Waals surface area contributed by atoms with Crippen molar-refractivity contribution in [2.45, 2.75) is 32.0 Å². The molecule has 1 unspecified atom stereocenters. The maximum absolute atomic E-state index is 12.9. The lowest BCUT2D eigenvalue weighted by molar-refractivity contribution is -0.148. The van der Waals surface area contributed by atoms with Crippen LogP contribution in [-0.4, -0.2) is 41.1 Å². The SMILES string of the molecule is CC(Oc1ccccc1C(F)(F)F)C(=O)N1CCC(C(=O)O)CC1. The van der Waals surface area contributed by atoms with Crippen LogP contribution in [0, 0.1) is 5.92 Å². The van der Waals surface area contributed by atoms with Gasteiger partial charge in [0.25, 0.3) is 5.91 Å². The van der Waals surface area contributed by atoms with E-state index in [0.717, 1.165) is 6.07 Å². The molecule has 0 aromatic heterocycles. The first-order valence-corrected chi connectivity index (χ1v) is 7.54. The fraction of sp³-hybridized carbons (Fsp3) is 0.500. The number of nitrogens with zero attached hydrogens (tertiary/aromatic N) is 1. The maximum Gasteiger partial charge on any atom is 0.419 e. The van der Waals surface area contributed by atoms with Crippen molar-refractivity contribution in [1.29, 1.82) is 0 Å². The topological polar surface area (TPSA) is 66.8 Å². The molecule has 1 aromatic rings. The molecule has 1 aliphatic rings. The summed E-state index contributed by atoms with van der Waals surface area (Å²) in [5.74, 6) is -2.23. The molecule has 0 radical (unpaired) electrons.